The van der Waals surface area contributed by atoms with Crippen LogP contribution in [0.1, 0.15) is 69.8 Å². The molecular weight excluding hydrogens is 454 g/mol. The molecule has 1 aromatic rings. The van der Waals surface area contributed by atoms with Crippen molar-refractivity contribution in [3.8, 4) is 0 Å². The van der Waals surface area contributed by atoms with Gasteiger partial charge in [0.15, 0.2) is 0 Å². The van der Waals surface area contributed by atoms with Crippen molar-refractivity contribution in [1.29, 1.82) is 0 Å². The van der Waals surface area contributed by atoms with E-state index in [4.69, 9.17) is 9.84 Å². The molecule has 0 heterocycles. The molecule has 1 rings (SSSR count). The van der Waals surface area contributed by atoms with Gasteiger partial charge in [-0.25, -0.2) is 0 Å². The molecule has 33 heavy (non-hydrogen) atoms. The molecule has 0 saturated carbocycles. The van der Waals surface area contributed by atoms with E-state index in [0.29, 0.717) is 26.1 Å². The van der Waals surface area contributed by atoms with Gasteiger partial charge in [0.2, 0.25) is 0 Å². The van der Waals surface area contributed by atoms with Crippen LogP contribution in [0.3, 0.4) is 0 Å². The van der Waals surface area contributed by atoms with Crippen molar-refractivity contribution in [1.82, 2.24) is 0 Å². The van der Waals surface area contributed by atoms with Gasteiger partial charge in [0, 0.05) is 13.2 Å². The molecule has 0 atom stereocenters. The molecule has 0 aliphatic rings. The Balaban J connectivity index is 0.000000684. The van der Waals surface area contributed by atoms with E-state index >= 15 is 0 Å². The molecule has 0 spiro atoms. The Morgan fingerprint density at radius 3 is 1.45 bits per heavy atom. The van der Waals surface area contributed by atoms with Crippen molar-refractivity contribution in [2.75, 3.05) is 26.4 Å². The van der Waals surface area contributed by atoms with Gasteiger partial charge in [-0.1, -0.05) is 68.9 Å². The lowest BCUT2D eigenvalue weighted by atomic mass is 10.1. The van der Waals surface area contributed by atoms with Crippen molar-refractivity contribution < 1.29 is 45.7 Å². The third kappa shape index (κ3) is 26.8. The maximum Gasteiger partial charge on any atom is 0.522 e. The normalized spacial score (nSPS) is 11.8. The van der Waals surface area contributed by atoms with E-state index in [-0.39, 0.29) is 19.8 Å². The van der Waals surface area contributed by atoms with Gasteiger partial charge in [0.1, 0.15) is 0 Å². The van der Waals surface area contributed by atoms with E-state index in [1.54, 1.807) is 0 Å². The monoisotopic (exact) mass is 490 g/mol. The van der Waals surface area contributed by atoms with Crippen LogP contribution in [0.15, 0.2) is 30.3 Å². The Bertz CT molecular complexity index is 538. The smallest absolute Gasteiger partial charge is 0.396 e. The van der Waals surface area contributed by atoms with E-state index in [9.17, 15) is 26.3 Å². The Kier molecular flexibility index (Phi) is 19.2. The highest BCUT2D eigenvalue weighted by Gasteiger charge is 2.28. The number of ether oxygens (including phenoxy) is 3. The van der Waals surface area contributed by atoms with E-state index in [1.165, 1.54) is 0 Å². The maximum absolute atomic E-state index is 11.7. The quantitative estimate of drug-likeness (QED) is 0.186. The summed E-state index contributed by atoms with van der Waals surface area (Å²) in [6.45, 7) is 0.948. The highest BCUT2D eigenvalue weighted by atomic mass is 19.4. The zero-order valence-electron chi connectivity index (χ0n) is 18.9. The average Bonchev–Trinajstić information content (AvgIpc) is 2.74. The fourth-order valence-electron chi connectivity index (χ4n) is 2.72. The molecule has 10 heteroatoms. The first-order valence-electron chi connectivity index (χ1n) is 11.3. The first-order chi connectivity index (χ1) is 15.6. The molecule has 0 aromatic heterocycles. The second kappa shape index (κ2) is 20.1. The SMILES string of the molecule is FC(F)(F)OCCCCCCCOCc1ccccc1.OCCCCCCCOC(F)(F)F. The lowest BCUT2D eigenvalue weighted by molar-refractivity contribution is -0.325. The summed E-state index contributed by atoms with van der Waals surface area (Å²) in [7, 11) is 0. The Labute approximate surface area is 192 Å². The standard InChI is InChI=1S/C15H21F3O2.C8H15F3O2/c16-15(17,18)20-12-8-3-1-2-7-11-19-13-14-9-5-4-6-10-14;9-8(10,11)13-7-5-3-1-2-4-6-12/h4-6,9-10H,1-3,7-8,11-13H2;12H,1-7H2. The second-order valence-corrected chi connectivity index (χ2v) is 7.39. The summed E-state index contributed by atoms with van der Waals surface area (Å²) in [5.74, 6) is 0. The fourth-order valence-corrected chi connectivity index (χ4v) is 2.72. The number of halogens is 6. The van der Waals surface area contributed by atoms with E-state index in [0.717, 1.165) is 56.9 Å². The molecule has 0 fully saturated rings. The van der Waals surface area contributed by atoms with E-state index in [2.05, 4.69) is 9.47 Å². The molecule has 0 saturated heterocycles. The zero-order chi connectivity index (χ0) is 24.8. The zero-order valence-corrected chi connectivity index (χ0v) is 18.9. The van der Waals surface area contributed by atoms with Gasteiger partial charge in [0.05, 0.1) is 19.8 Å². The van der Waals surface area contributed by atoms with Crippen LogP contribution in [0.4, 0.5) is 26.3 Å². The van der Waals surface area contributed by atoms with Crippen LogP contribution in [0.2, 0.25) is 0 Å². The van der Waals surface area contributed by atoms with Gasteiger partial charge >= 0.3 is 12.7 Å². The van der Waals surface area contributed by atoms with Crippen LogP contribution >= 0.6 is 0 Å². The van der Waals surface area contributed by atoms with Gasteiger partial charge in [-0.15, -0.1) is 26.3 Å². The highest BCUT2D eigenvalue weighted by Crippen LogP contribution is 2.17. The van der Waals surface area contributed by atoms with Crippen LogP contribution in [0.5, 0.6) is 0 Å². The van der Waals surface area contributed by atoms with Crippen molar-refractivity contribution in [2.45, 2.75) is 83.5 Å². The van der Waals surface area contributed by atoms with Crippen molar-refractivity contribution in [3.05, 3.63) is 35.9 Å². The van der Waals surface area contributed by atoms with Crippen LogP contribution in [-0.2, 0) is 20.8 Å². The van der Waals surface area contributed by atoms with Crippen LogP contribution in [0, 0.1) is 0 Å². The number of aliphatic hydroxyl groups is 1. The number of unbranched alkanes of at least 4 members (excludes halogenated alkanes) is 8. The molecule has 0 amide bonds. The summed E-state index contributed by atoms with van der Waals surface area (Å²) in [6, 6.07) is 9.94. The predicted octanol–water partition coefficient (Wildman–Crippen LogP) is 7.16. The number of alkyl halides is 6. The third-order valence-electron chi connectivity index (χ3n) is 4.38. The number of hydrogen-bond donors (Lipinski definition) is 1. The minimum atomic E-state index is -4.49. The molecule has 0 aliphatic heterocycles. The molecule has 0 bridgehead atoms. The van der Waals surface area contributed by atoms with Gasteiger partial charge in [0.25, 0.3) is 0 Å². The number of benzene rings is 1. The Hall–Kier alpha value is -1.36. The van der Waals surface area contributed by atoms with Crippen molar-refractivity contribution in [2.24, 2.45) is 0 Å². The number of rotatable bonds is 17. The molecule has 4 nitrogen and oxygen atoms in total. The topological polar surface area (TPSA) is 47.9 Å². The van der Waals surface area contributed by atoms with Crippen LogP contribution in [-0.4, -0.2) is 44.3 Å². The molecule has 1 aromatic carbocycles. The van der Waals surface area contributed by atoms with Crippen LogP contribution in [0.25, 0.3) is 0 Å². The minimum Gasteiger partial charge on any atom is -0.396 e. The summed E-state index contributed by atoms with van der Waals surface area (Å²) < 4.78 is 82.1. The fraction of sp³-hybridized carbons (Fsp3) is 0.739. The van der Waals surface area contributed by atoms with E-state index in [1.807, 2.05) is 30.3 Å². The van der Waals surface area contributed by atoms with Gasteiger partial charge < -0.3 is 9.84 Å². The summed E-state index contributed by atoms with van der Waals surface area (Å²) in [4.78, 5) is 0. The molecular formula is C23H36F6O4. The summed E-state index contributed by atoms with van der Waals surface area (Å²) in [6.07, 6.45) is -1.38. The number of hydrogen-bond acceptors (Lipinski definition) is 4. The average molecular weight is 491 g/mol. The van der Waals surface area contributed by atoms with Crippen LogP contribution < -0.4 is 0 Å². The summed E-state index contributed by atoms with van der Waals surface area (Å²) >= 11 is 0. The third-order valence-corrected chi connectivity index (χ3v) is 4.38. The minimum absolute atomic E-state index is 0.152. The summed E-state index contributed by atoms with van der Waals surface area (Å²) in [5.41, 5.74) is 1.15. The molecule has 0 aliphatic carbocycles. The maximum atomic E-state index is 11.7. The molecule has 0 unspecified atom stereocenters. The lowest BCUT2D eigenvalue weighted by Gasteiger charge is -2.07. The van der Waals surface area contributed by atoms with E-state index < -0.39 is 12.7 Å². The van der Waals surface area contributed by atoms with Crippen molar-refractivity contribution >= 4 is 0 Å². The Morgan fingerprint density at radius 2 is 1.00 bits per heavy atom. The summed E-state index contributed by atoms with van der Waals surface area (Å²) in [5, 5.41) is 8.40. The predicted molar refractivity (Wildman–Crippen MR) is 113 cm³/mol. The second-order valence-electron chi connectivity index (χ2n) is 7.39. The number of aliphatic hydroxyl groups excluding tert-OH is 1. The first-order valence-corrected chi connectivity index (χ1v) is 11.3. The molecule has 1 N–H and O–H groups in total. The highest BCUT2D eigenvalue weighted by molar-refractivity contribution is 5.13. The largest absolute Gasteiger partial charge is 0.522 e. The van der Waals surface area contributed by atoms with Gasteiger partial charge in [-0.2, -0.15) is 0 Å². The van der Waals surface area contributed by atoms with Crippen molar-refractivity contribution in [3.63, 3.8) is 0 Å². The van der Waals surface area contributed by atoms with Gasteiger partial charge in [-0.3, -0.25) is 9.47 Å². The molecule has 0 radical (unpaired) electrons. The van der Waals surface area contributed by atoms with Gasteiger partial charge in [-0.05, 0) is 31.2 Å². The molecule has 194 valence electrons. The lowest BCUT2D eigenvalue weighted by Crippen LogP contribution is -2.13. The Morgan fingerprint density at radius 1 is 0.576 bits per heavy atom. The first kappa shape index (κ1) is 31.6.